The average Bonchev–Trinajstić information content (AvgIpc) is 2.24. The molecular formula is C12H16N2O3S. The highest BCUT2D eigenvalue weighted by atomic mass is 32.2. The minimum Gasteiger partial charge on any atom is -0.384 e. The standard InChI is InChI=1S/C12H16N2O3S/c1-10(2)13-18(16,17)14-12-7-3-5-11(9-12)6-4-8-15/h3,5,7,9-10,13-15H,8H2,1-2H3. The normalized spacial score (nSPS) is 10.9. The Balaban J connectivity index is 2.85. The number of rotatable bonds is 4. The third-order valence-corrected chi connectivity index (χ3v) is 3.10. The highest BCUT2D eigenvalue weighted by Gasteiger charge is 2.10. The predicted molar refractivity (Wildman–Crippen MR) is 71.2 cm³/mol. The van der Waals surface area contributed by atoms with Crippen molar-refractivity contribution in [1.82, 2.24) is 4.72 Å². The Morgan fingerprint density at radius 2 is 2.11 bits per heavy atom. The lowest BCUT2D eigenvalue weighted by molar-refractivity contribution is 0.350. The molecule has 0 aliphatic rings. The molecule has 0 atom stereocenters. The van der Waals surface area contributed by atoms with Gasteiger partial charge in [-0.15, -0.1) is 0 Å². The van der Waals surface area contributed by atoms with Crippen LogP contribution in [0.1, 0.15) is 19.4 Å². The van der Waals surface area contributed by atoms with Crippen molar-refractivity contribution in [1.29, 1.82) is 0 Å². The Labute approximate surface area is 107 Å². The van der Waals surface area contributed by atoms with Gasteiger partial charge in [0.1, 0.15) is 6.61 Å². The van der Waals surface area contributed by atoms with Crippen LogP contribution in [0.25, 0.3) is 0 Å². The van der Waals surface area contributed by atoms with Gasteiger partial charge in [-0.25, -0.2) is 0 Å². The topological polar surface area (TPSA) is 78.4 Å². The fourth-order valence-corrected chi connectivity index (χ4v) is 2.41. The molecule has 0 aliphatic carbocycles. The van der Waals surface area contributed by atoms with Gasteiger partial charge in [0.15, 0.2) is 0 Å². The summed E-state index contributed by atoms with van der Waals surface area (Å²) in [5, 5.41) is 8.59. The van der Waals surface area contributed by atoms with E-state index in [-0.39, 0.29) is 12.6 Å². The summed E-state index contributed by atoms with van der Waals surface area (Å²) in [5.74, 6) is 5.21. The maximum atomic E-state index is 11.6. The smallest absolute Gasteiger partial charge is 0.299 e. The SMILES string of the molecule is CC(C)NS(=O)(=O)Nc1cccc(C#CCO)c1. The van der Waals surface area contributed by atoms with E-state index in [9.17, 15) is 8.42 Å². The fourth-order valence-electron chi connectivity index (χ4n) is 1.30. The largest absolute Gasteiger partial charge is 0.384 e. The molecule has 0 bridgehead atoms. The van der Waals surface area contributed by atoms with Crippen LogP contribution in [0.3, 0.4) is 0 Å². The van der Waals surface area contributed by atoms with Gasteiger partial charge in [-0.3, -0.25) is 4.72 Å². The Morgan fingerprint density at radius 3 is 2.72 bits per heavy atom. The van der Waals surface area contributed by atoms with E-state index in [1.807, 2.05) is 0 Å². The van der Waals surface area contributed by atoms with E-state index in [0.717, 1.165) is 0 Å². The Bertz CT molecular complexity index is 556. The molecule has 0 amide bonds. The van der Waals surface area contributed by atoms with Crippen molar-refractivity contribution < 1.29 is 13.5 Å². The zero-order valence-corrected chi connectivity index (χ0v) is 11.1. The van der Waals surface area contributed by atoms with Crippen LogP contribution in [-0.2, 0) is 10.2 Å². The summed E-state index contributed by atoms with van der Waals surface area (Å²) in [5.41, 5.74) is 1.06. The molecule has 1 rings (SSSR count). The maximum Gasteiger partial charge on any atom is 0.299 e. The summed E-state index contributed by atoms with van der Waals surface area (Å²) in [7, 11) is -3.57. The molecule has 0 fully saturated rings. The van der Waals surface area contributed by atoms with Crippen LogP contribution in [0.5, 0.6) is 0 Å². The summed E-state index contributed by atoms with van der Waals surface area (Å²) < 4.78 is 28.1. The average molecular weight is 268 g/mol. The zero-order chi connectivity index (χ0) is 13.6. The van der Waals surface area contributed by atoms with Gasteiger partial charge < -0.3 is 5.11 Å². The van der Waals surface area contributed by atoms with E-state index in [4.69, 9.17) is 5.11 Å². The summed E-state index contributed by atoms with van der Waals surface area (Å²) in [6.45, 7) is 3.25. The summed E-state index contributed by atoms with van der Waals surface area (Å²) in [6.07, 6.45) is 0. The molecule has 0 heterocycles. The molecule has 3 N–H and O–H groups in total. The second-order valence-electron chi connectivity index (χ2n) is 3.92. The van der Waals surface area contributed by atoms with Gasteiger partial charge in [-0.05, 0) is 32.0 Å². The number of nitrogens with one attached hydrogen (secondary N) is 2. The van der Waals surface area contributed by atoms with Crippen molar-refractivity contribution in [3.8, 4) is 11.8 Å². The Morgan fingerprint density at radius 1 is 1.39 bits per heavy atom. The van der Waals surface area contributed by atoms with E-state index in [0.29, 0.717) is 11.3 Å². The summed E-state index contributed by atoms with van der Waals surface area (Å²) in [4.78, 5) is 0. The monoisotopic (exact) mass is 268 g/mol. The third-order valence-electron chi connectivity index (χ3n) is 1.82. The zero-order valence-electron chi connectivity index (χ0n) is 10.3. The molecular weight excluding hydrogens is 252 g/mol. The molecule has 0 aromatic heterocycles. The summed E-state index contributed by atoms with van der Waals surface area (Å²) >= 11 is 0. The highest BCUT2D eigenvalue weighted by molar-refractivity contribution is 7.90. The molecule has 18 heavy (non-hydrogen) atoms. The van der Waals surface area contributed by atoms with Crippen LogP contribution in [0, 0.1) is 11.8 Å². The van der Waals surface area contributed by atoms with Gasteiger partial charge in [0, 0.05) is 11.6 Å². The molecule has 98 valence electrons. The lowest BCUT2D eigenvalue weighted by Gasteiger charge is -2.11. The Hall–Kier alpha value is -1.55. The van der Waals surface area contributed by atoms with E-state index < -0.39 is 10.2 Å². The first-order valence-electron chi connectivity index (χ1n) is 5.43. The molecule has 0 radical (unpaired) electrons. The van der Waals surface area contributed by atoms with Gasteiger partial charge >= 0.3 is 0 Å². The number of hydrogen-bond acceptors (Lipinski definition) is 3. The Kier molecular flexibility index (Phi) is 5.16. The number of aliphatic hydroxyl groups is 1. The van der Waals surface area contributed by atoms with Crippen LogP contribution < -0.4 is 9.44 Å². The second kappa shape index (κ2) is 6.40. The molecule has 0 aliphatic heterocycles. The van der Waals surface area contributed by atoms with Crippen LogP contribution in [-0.4, -0.2) is 26.2 Å². The first-order chi connectivity index (χ1) is 8.43. The van der Waals surface area contributed by atoms with Crippen LogP contribution in [0.2, 0.25) is 0 Å². The fraction of sp³-hybridized carbons (Fsp3) is 0.333. The van der Waals surface area contributed by atoms with Crippen molar-refractivity contribution in [2.75, 3.05) is 11.3 Å². The predicted octanol–water partition coefficient (Wildman–Crippen LogP) is 0.685. The number of hydrogen-bond donors (Lipinski definition) is 3. The van der Waals surface area contributed by atoms with E-state index in [2.05, 4.69) is 21.3 Å². The van der Waals surface area contributed by atoms with E-state index in [1.54, 1.807) is 38.1 Å². The van der Waals surface area contributed by atoms with Crippen LogP contribution in [0.4, 0.5) is 5.69 Å². The maximum absolute atomic E-state index is 11.6. The molecule has 6 heteroatoms. The van der Waals surface area contributed by atoms with E-state index >= 15 is 0 Å². The number of benzene rings is 1. The molecule has 0 saturated heterocycles. The summed E-state index contributed by atoms with van der Waals surface area (Å²) in [6, 6.07) is 6.47. The second-order valence-corrected chi connectivity index (χ2v) is 5.37. The molecule has 0 unspecified atom stereocenters. The molecule has 1 aromatic rings. The first kappa shape index (κ1) is 14.5. The molecule has 1 aromatic carbocycles. The van der Waals surface area contributed by atoms with Crippen molar-refractivity contribution >= 4 is 15.9 Å². The lowest BCUT2D eigenvalue weighted by atomic mass is 10.2. The molecule has 0 spiro atoms. The van der Waals surface area contributed by atoms with Crippen LogP contribution >= 0.6 is 0 Å². The van der Waals surface area contributed by atoms with Crippen LogP contribution in [0.15, 0.2) is 24.3 Å². The number of anilines is 1. The quantitative estimate of drug-likeness (QED) is 0.703. The minimum atomic E-state index is -3.57. The van der Waals surface area contributed by atoms with Gasteiger partial charge in [0.2, 0.25) is 0 Å². The lowest BCUT2D eigenvalue weighted by Crippen LogP contribution is -2.35. The van der Waals surface area contributed by atoms with Gasteiger partial charge in [0.05, 0.1) is 5.69 Å². The highest BCUT2D eigenvalue weighted by Crippen LogP contribution is 2.11. The molecule has 5 nitrogen and oxygen atoms in total. The van der Waals surface area contributed by atoms with Gasteiger partial charge in [0.25, 0.3) is 10.2 Å². The minimum absolute atomic E-state index is 0.181. The van der Waals surface area contributed by atoms with Crippen molar-refractivity contribution in [3.63, 3.8) is 0 Å². The first-order valence-corrected chi connectivity index (χ1v) is 6.91. The van der Waals surface area contributed by atoms with Crippen molar-refractivity contribution in [3.05, 3.63) is 29.8 Å². The van der Waals surface area contributed by atoms with Crippen molar-refractivity contribution in [2.45, 2.75) is 19.9 Å². The molecule has 0 saturated carbocycles. The number of aliphatic hydroxyl groups excluding tert-OH is 1. The third kappa shape index (κ3) is 5.19. The van der Waals surface area contributed by atoms with Gasteiger partial charge in [-0.1, -0.05) is 17.9 Å². The van der Waals surface area contributed by atoms with Crippen molar-refractivity contribution in [2.24, 2.45) is 0 Å². The van der Waals surface area contributed by atoms with E-state index in [1.165, 1.54) is 0 Å². The van der Waals surface area contributed by atoms with Gasteiger partial charge in [-0.2, -0.15) is 13.1 Å².